The Kier molecular flexibility index (Phi) is 3.98. The summed E-state index contributed by atoms with van der Waals surface area (Å²) in [5, 5.41) is 0.935. The molecule has 0 fully saturated rings. The van der Waals surface area contributed by atoms with Gasteiger partial charge in [0.2, 0.25) is 0 Å². The molecule has 2 N–H and O–H groups in total. The standard InChI is InChI=1S/C14H11Cl2NO2/c1-19-14(18)10-6-8(3-5-13(10)17)9-2-4-11(15)12(16)7-9/h2-7H,17H2,1H3. The molecule has 0 unspecified atom stereocenters. The maximum absolute atomic E-state index is 11.6. The number of carbonyl (C=O) groups is 1. The molecule has 0 aliphatic carbocycles. The first-order valence-electron chi connectivity index (χ1n) is 5.46. The molecule has 0 aromatic heterocycles. The lowest BCUT2D eigenvalue weighted by Crippen LogP contribution is -2.05. The highest BCUT2D eigenvalue weighted by Crippen LogP contribution is 2.30. The summed E-state index contributed by atoms with van der Waals surface area (Å²) in [4.78, 5) is 11.6. The van der Waals surface area contributed by atoms with E-state index in [-0.39, 0.29) is 0 Å². The summed E-state index contributed by atoms with van der Waals surface area (Å²) >= 11 is 11.8. The lowest BCUT2D eigenvalue weighted by atomic mass is 10.0. The number of methoxy groups -OCH3 is 1. The SMILES string of the molecule is COC(=O)c1cc(-c2ccc(Cl)c(Cl)c2)ccc1N. The predicted octanol–water partition coefficient (Wildman–Crippen LogP) is 4.03. The maximum Gasteiger partial charge on any atom is 0.339 e. The van der Waals surface area contributed by atoms with E-state index in [0.717, 1.165) is 11.1 Å². The van der Waals surface area contributed by atoms with Crippen LogP contribution in [0.15, 0.2) is 36.4 Å². The summed E-state index contributed by atoms with van der Waals surface area (Å²) in [5.74, 6) is -0.473. The molecule has 2 aromatic carbocycles. The summed E-state index contributed by atoms with van der Waals surface area (Å²) in [6.07, 6.45) is 0. The van der Waals surface area contributed by atoms with Crippen molar-refractivity contribution >= 4 is 34.9 Å². The van der Waals surface area contributed by atoms with Crippen molar-refractivity contribution in [3.8, 4) is 11.1 Å². The average Bonchev–Trinajstić information content (AvgIpc) is 2.41. The second kappa shape index (κ2) is 5.51. The average molecular weight is 296 g/mol. The molecule has 0 saturated heterocycles. The minimum Gasteiger partial charge on any atom is -0.465 e. The van der Waals surface area contributed by atoms with Crippen LogP contribution in [0.25, 0.3) is 11.1 Å². The first-order chi connectivity index (χ1) is 9.02. The fourth-order valence-electron chi connectivity index (χ4n) is 1.70. The van der Waals surface area contributed by atoms with Crippen LogP contribution in [-0.4, -0.2) is 13.1 Å². The van der Waals surface area contributed by atoms with E-state index in [1.807, 2.05) is 6.07 Å². The Balaban J connectivity index is 2.51. The van der Waals surface area contributed by atoms with E-state index in [2.05, 4.69) is 4.74 Å². The second-order valence-electron chi connectivity index (χ2n) is 3.92. The van der Waals surface area contributed by atoms with Crippen LogP contribution in [-0.2, 0) is 4.74 Å². The Bertz CT molecular complexity index is 641. The van der Waals surface area contributed by atoms with Gasteiger partial charge in [-0.25, -0.2) is 4.79 Å². The van der Waals surface area contributed by atoms with Crippen LogP contribution in [0.1, 0.15) is 10.4 Å². The van der Waals surface area contributed by atoms with Crippen molar-refractivity contribution in [2.45, 2.75) is 0 Å². The number of nitrogen functional groups attached to an aromatic ring is 1. The monoisotopic (exact) mass is 295 g/mol. The van der Waals surface area contributed by atoms with E-state index in [1.165, 1.54) is 7.11 Å². The molecular weight excluding hydrogens is 285 g/mol. The summed E-state index contributed by atoms with van der Waals surface area (Å²) < 4.78 is 4.68. The number of nitrogens with two attached hydrogens (primary N) is 1. The van der Waals surface area contributed by atoms with Gasteiger partial charge in [0.25, 0.3) is 0 Å². The summed E-state index contributed by atoms with van der Waals surface area (Å²) in [7, 11) is 1.31. The Labute approximate surface area is 120 Å². The van der Waals surface area contributed by atoms with Gasteiger partial charge in [-0.15, -0.1) is 0 Å². The molecule has 0 radical (unpaired) electrons. The number of esters is 1. The van der Waals surface area contributed by atoms with E-state index in [9.17, 15) is 4.79 Å². The van der Waals surface area contributed by atoms with Gasteiger partial charge < -0.3 is 10.5 Å². The minimum atomic E-state index is -0.473. The fraction of sp³-hybridized carbons (Fsp3) is 0.0714. The van der Waals surface area contributed by atoms with E-state index in [1.54, 1.807) is 30.3 Å². The van der Waals surface area contributed by atoms with Crippen molar-refractivity contribution in [1.29, 1.82) is 0 Å². The third-order valence-electron chi connectivity index (χ3n) is 2.71. The zero-order valence-corrected chi connectivity index (χ0v) is 11.6. The first-order valence-corrected chi connectivity index (χ1v) is 6.22. The first kappa shape index (κ1) is 13.7. The topological polar surface area (TPSA) is 52.3 Å². The Morgan fingerprint density at radius 2 is 1.68 bits per heavy atom. The van der Waals surface area contributed by atoms with Gasteiger partial charge >= 0.3 is 5.97 Å². The lowest BCUT2D eigenvalue weighted by Gasteiger charge is -2.08. The smallest absolute Gasteiger partial charge is 0.339 e. The molecule has 2 aromatic rings. The van der Waals surface area contributed by atoms with Crippen molar-refractivity contribution in [3.63, 3.8) is 0 Å². The third-order valence-corrected chi connectivity index (χ3v) is 3.45. The molecule has 0 amide bonds. The van der Waals surface area contributed by atoms with Gasteiger partial charge in [-0.3, -0.25) is 0 Å². The van der Waals surface area contributed by atoms with Gasteiger partial charge in [0, 0.05) is 5.69 Å². The normalized spacial score (nSPS) is 10.3. The van der Waals surface area contributed by atoms with Crippen LogP contribution in [0.3, 0.4) is 0 Å². The van der Waals surface area contributed by atoms with Crippen molar-refractivity contribution in [2.75, 3.05) is 12.8 Å². The summed E-state index contributed by atoms with van der Waals surface area (Å²) in [6, 6.07) is 10.4. The molecule has 3 nitrogen and oxygen atoms in total. The van der Waals surface area contributed by atoms with Crippen LogP contribution in [0.4, 0.5) is 5.69 Å². The van der Waals surface area contributed by atoms with Gasteiger partial charge in [-0.2, -0.15) is 0 Å². The molecule has 5 heteroatoms. The van der Waals surface area contributed by atoms with Crippen molar-refractivity contribution in [1.82, 2.24) is 0 Å². The molecule has 0 heterocycles. The number of carbonyl (C=O) groups excluding carboxylic acids is 1. The highest BCUT2D eigenvalue weighted by Gasteiger charge is 2.12. The number of ether oxygens (including phenoxy) is 1. The van der Waals surface area contributed by atoms with Crippen molar-refractivity contribution < 1.29 is 9.53 Å². The molecule has 19 heavy (non-hydrogen) atoms. The molecule has 0 bridgehead atoms. The highest BCUT2D eigenvalue weighted by molar-refractivity contribution is 6.42. The van der Waals surface area contributed by atoms with Crippen LogP contribution >= 0.6 is 23.2 Å². The number of halogens is 2. The van der Waals surface area contributed by atoms with E-state index in [4.69, 9.17) is 28.9 Å². The molecule has 2 rings (SSSR count). The van der Waals surface area contributed by atoms with Gasteiger partial charge in [0.1, 0.15) is 0 Å². The molecule has 0 aliphatic heterocycles. The van der Waals surface area contributed by atoms with Gasteiger partial charge in [0.15, 0.2) is 0 Å². The Morgan fingerprint density at radius 3 is 2.32 bits per heavy atom. The van der Waals surface area contributed by atoms with E-state index >= 15 is 0 Å². The lowest BCUT2D eigenvalue weighted by molar-refractivity contribution is 0.0602. The molecule has 0 aliphatic rings. The molecule has 0 spiro atoms. The number of anilines is 1. The zero-order valence-electron chi connectivity index (χ0n) is 10.1. The maximum atomic E-state index is 11.6. The van der Waals surface area contributed by atoms with Gasteiger partial charge in [-0.05, 0) is 35.4 Å². The largest absolute Gasteiger partial charge is 0.465 e. The summed E-state index contributed by atoms with van der Waals surface area (Å²) in [5.41, 5.74) is 8.11. The number of rotatable bonds is 2. The van der Waals surface area contributed by atoms with Crippen molar-refractivity contribution in [2.24, 2.45) is 0 Å². The number of hydrogen-bond donors (Lipinski definition) is 1. The summed E-state index contributed by atoms with van der Waals surface area (Å²) in [6.45, 7) is 0. The van der Waals surface area contributed by atoms with Crippen LogP contribution < -0.4 is 5.73 Å². The number of benzene rings is 2. The minimum absolute atomic E-state index is 0.325. The van der Waals surface area contributed by atoms with Crippen LogP contribution in [0.5, 0.6) is 0 Å². The quantitative estimate of drug-likeness (QED) is 0.672. The van der Waals surface area contributed by atoms with Gasteiger partial charge in [-0.1, -0.05) is 35.3 Å². The van der Waals surface area contributed by atoms with E-state index in [0.29, 0.717) is 21.3 Å². The number of hydrogen-bond acceptors (Lipinski definition) is 3. The van der Waals surface area contributed by atoms with Gasteiger partial charge in [0.05, 0.1) is 22.7 Å². The fourth-order valence-corrected chi connectivity index (χ4v) is 2.00. The zero-order chi connectivity index (χ0) is 14.0. The third kappa shape index (κ3) is 2.83. The molecule has 0 saturated carbocycles. The molecule has 0 atom stereocenters. The Hall–Kier alpha value is -1.71. The second-order valence-corrected chi connectivity index (χ2v) is 4.74. The molecule has 98 valence electrons. The highest BCUT2D eigenvalue weighted by atomic mass is 35.5. The predicted molar refractivity (Wildman–Crippen MR) is 77.6 cm³/mol. The van der Waals surface area contributed by atoms with Crippen LogP contribution in [0.2, 0.25) is 10.0 Å². The molecular formula is C14H11Cl2NO2. The van der Waals surface area contributed by atoms with Crippen LogP contribution in [0, 0.1) is 0 Å². The Morgan fingerprint density at radius 1 is 1.05 bits per heavy atom. The van der Waals surface area contributed by atoms with Crippen molar-refractivity contribution in [3.05, 3.63) is 52.0 Å². The van der Waals surface area contributed by atoms with E-state index < -0.39 is 5.97 Å².